The van der Waals surface area contributed by atoms with Crippen molar-refractivity contribution in [3.8, 4) is 0 Å². The highest BCUT2D eigenvalue weighted by Crippen LogP contribution is 2.80. The van der Waals surface area contributed by atoms with Crippen LogP contribution in [0.5, 0.6) is 0 Å². The third-order valence-electron chi connectivity index (χ3n) is 7.28. The Bertz CT molecular complexity index is 703. The largest absolute Gasteiger partial charge is 0.0587 e. The average molecular weight is 260 g/mol. The van der Waals surface area contributed by atoms with Gasteiger partial charge >= 0.3 is 0 Å². The summed E-state index contributed by atoms with van der Waals surface area (Å²) in [4.78, 5) is 0. The molecule has 2 aromatic carbocycles. The van der Waals surface area contributed by atoms with Crippen LogP contribution in [0.25, 0.3) is 10.8 Å². The molecule has 0 amide bonds. The van der Waals surface area contributed by atoms with E-state index >= 15 is 0 Å². The van der Waals surface area contributed by atoms with Gasteiger partial charge in [0.25, 0.3) is 0 Å². The Labute approximate surface area is 120 Å². The fourth-order valence-corrected chi connectivity index (χ4v) is 6.24. The van der Waals surface area contributed by atoms with Crippen LogP contribution in [0.1, 0.15) is 73.6 Å². The van der Waals surface area contributed by atoms with Crippen molar-refractivity contribution in [1.82, 2.24) is 0 Å². The number of hydrogen-bond acceptors (Lipinski definition) is 0. The maximum atomic E-state index is 2.47. The Hall–Kier alpha value is -1.30. The lowest BCUT2D eigenvalue weighted by molar-refractivity contribution is 0.593. The zero-order chi connectivity index (χ0) is 13.6. The van der Waals surface area contributed by atoms with Crippen LogP contribution in [0, 0.1) is 10.8 Å². The number of hydrogen-bond donors (Lipinski definition) is 0. The highest BCUT2D eigenvalue weighted by atomic mass is 14.7. The molecule has 2 saturated carbocycles. The molecule has 4 atom stereocenters. The maximum Gasteiger partial charge on any atom is -0.00239 e. The molecule has 2 aromatic rings. The molecule has 2 fully saturated rings. The molecule has 0 radical (unpaired) electrons. The van der Waals surface area contributed by atoms with E-state index in [2.05, 4.69) is 52.0 Å². The van der Waals surface area contributed by atoms with E-state index in [0.717, 1.165) is 23.7 Å². The smallest absolute Gasteiger partial charge is 0.00239 e. The average Bonchev–Trinajstić information content (AvgIpc) is 2.96. The van der Waals surface area contributed by atoms with Gasteiger partial charge in [-0.3, -0.25) is 0 Å². The summed E-state index contributed by atoms with van der Waals surface area (Å²) < 4.78 is 0. The summed E-state index contributed by atoms with van der Waals surface area (Å²) in [5.74, 6) is 3.19. The standard InChI is InChI=1S/C20H20/c1-19(2)15-9-5-7-11-14-12(18-17(11)20(18,3)4)8-6-10(13(9)14)16(15)19/h5-8,15-18H,1-4H3/t15-,16+,17+,18-. The van der Waals surface area contributed by atoms with Gasteiger partial charge in [0, 0.05) is 0 Å². The van der Waals surface area contributed by atoms with E-state index < -0.39 is 0 Å². The van der Waals surface area contributed by atoms with E-state index in [4.69, 9.17) is 0 Å². The number of fused-ring (bicyclic) bond motifs is 6. The molecule has 100 valence electrons. The summed E-state index contributed by atoms with van der Waals surface area (Å²) in [5.41, 5.74) is 7.65. The summed E-state index contributed by atoms with van der Waals surface area (Å²) in [7, 11) is 0. The van der Waals surface area contributed by atoms with Gasteiger partial charge < -0.3 is 0 Å². The predicted molar refractivity (Wildman–Crippen MR) is 82.5 cm³/mol. The Morgan fingerprint density at radius 1 is 0.550 bits per heavy atom. The molecule has 0 aliphatic heterocycles. The lowest BCUT2D eigenvalue weighted by Crippen LogP contribution is -2.01. The first-order valence-electron chi connectivity index (χ1n) is 8.05. The zero-order valence-electron chi connectivity index (χ0n) is 12.6. The van der Waals surface area contributed by atoms with Gasteiger partial charge in [-0.1, -0.05) is 52.0 Å². The van der Waals surface area contributed by atoms with Crippen molar-refractivity contribution in [2.45, 2.75) is 51.4 Å². The highest BCUT2D eigenvalue weighted by molar-refractivity contribution is 6.02. The Morgan fingerprint density at radius 2 is 0.800 bits per heavy atom. The molecule has 0 saturated heterocycles. The van der Waals surface area contributed by atoms with Gasteiger partial charge in [0.2, 0.25) is 0 Å². The molecule has 0 spiro atoms. The molecule has 0 aromatic heterocycles. The van der Waals surface area contributed by atoms with Crippen LogP contribution in [0.3, 0.4) is 0 Å². The summed E-state index contributed by atoms with van der Waals surface area (Å²) in [6.45, 7) is 9.77. The molecule has 20 heavy (non-hydrogen) atoms. The Kier molecular flexibility index (Phi) is 1.29. The molecule has 0 unspecified atom stereocenters. The molecule has 0 nitrogen and oxygen atoms in total. The minimum absolute atomic E-state index is 0.499. The van der Waals surface area contributed by atoms with Crippen molar-refractivity contribution in [1.29, 1.82) is 0 Å². The summed E-state index contributed by atoms with van der Waals surface area (Å²) >= 11 is 0. The second-order valence-corrected chi connectivity index (χ2v) is 8.79. The number of benzene rings is 2. The molecule has 6 rings (SSSR count). The van der Waals surface area contributed by atoms with Gasteiger partial charge in [-0.25, -0.2) is 0 Å². The first-order valence-corrected chi connectivity index (χ1v) is 8.05. The topological polar surface area (TPSA) is 0 Å². The van der Waals surface area contributed by atoms with Gasteiger partial charge in [-0.05, 0) is 67.5 Å². The molecule has 4 aliphatic carbocycles. The minimum atomic E-state index is 0.499. The van der Waals surface area contributed by atoms with Crippen LogP contribution in [-0.4, -0.2) is 0 Å². The lowest BCUT2D eigenvalue weighted by atomic mass is 9.86. The van der Waals surface area contributed by atoms with E-state index in [-0.39, 0.29) is 0 Å². The van der Waals surface area contributed by atoms with Crippen LogP contribution < -0.4 is 0 Å². The van der Waals surface area contributed by atoms with E-state index in [9.17, 15) is 0 Å². The van der Waals surface area contributed by atoms with Crippen molar-refractivity contribution < 1.29 is 0 Å². The molecule has 0 N–H and O–H groups in total. The summed E-state index contributed by atoms with van der Waals surface area (Å²) in [6.07, 6.45) is 0. The normalized spacial score (nSPS) is 38.8. The molecular formula is C20H20. The van der Waals surface area contributed by atoms with Gasteiger partial charge in [-0.2, -0.15) is 0 Å². The molecule has 0 bridgehead atoms. The lowest BCUT2D eigenvalue weighted by Gasteiger charge is -2.18. The fraction of sp³-hybridized carbons (Fsp3) is 0.500. The Balaban J connectivity index is 1.73. The third-order valence-corrected chi connectivity index (χ3v) is 7.28. The molecular weight excluding hydrogens is 240 g/mol. The predicted octanol–water partition coefficient (Wildman–Crippen LogP) is 5.28. The van der Waals surface area contributed by atoms with Crippen molar-refractivity contribution in [3.63, 3.8) is 0 Å². The van der Waals surface area contributed by atoms with Crippen LogP contribution in [0.4, 0.5) is 0 Å². The Morgan fingerprint density at radius 3 is 1.05 bits per heavy atom. The van der Waals surface area contributed by atoms with Gasteiger partial charge in [0.05, 0.1) is 0 Å². The van der Waals surface area contributed by atoms with Crippen molar-refractivity contribution in [2.24, 2.45) is 10.8 Å². The van der Waals surface area contributed by atoms with Crippen LogP contribution in [-0.2, 0) is 0 Å². The minimum Gasteiger partial charge on any atom is -0.0587 e. The molecule has 4 aliphatic rings. The second-order valence-electron chi connectivity index (χ2n) is 8.79. The van der Waals surface area contributed by atoms with E-state index in [1.165, 1.54) is 0 Å². The molecule has 0 heterocycles. The maximum absolute atomic E-state index is 2.47. The SMILES string of the molecule is CC1(C)[C@@H]2c3ccc4c5c(ccc(c35)[C@@H]21)[C@@H]1[C@H]4C1(C)C. The van der Waals surface area contributed by atoms with Crippen molar-refractivity contribution in [3.05, 3.63) is 46.5 Å². The third kappa shape index (κ3) is 0.779. The van der Waals surface area contributed by atoms with E-state index in [1.807, 2.05) is 0 Å². The van der Waals surface area contributed by atoms with Crippen molar-refractivity contribution in [2.75, 3.05) is 0 Å². The van der Waals surface area contributed by atoms with Crippen molar-refractivity contribution >= 4 is 10.8 Å². The first-order chi connectivity index (χ1) is 9.45. The van der Waals surface area contributed by atoms with E-state index in [1.54, 1.807) is 33.0 Å². The van der Waals surface area contributed by atoms with Crippen LogP contribution in [0.15, 0.2) is 24.3 Å². The van der Waals surface area contributed by atoms with Crippen LogP contribution in [0.2, 0.25) is 0 Å². The monoisotopic (exact) mass is 260 g/mol. The summed E-state index contributed by atoms with van der Waals surface area (Å²) in [5, 5.41) is 3.33. The fourth-order valence-electron chi connectivity index (χ4n) is 6.24. The van der Waals surface area contributed by atoms with Gasteiger partial charge in [-0.15, -0.1) is 0 Å². The summed E-state index contributed by atoms with van der Waals surface area (Å²) in [6, 6.07) is 9.89. The van der Waals surface area contributed by atoms with Crippen LogP contribution >= 0.6 is 0 Å². The second kappa shape index (κ2) is 2.47. The van der Waals surface area contributed by atoms with E-state index in [0.29, 0.717) is 10.8 Å². The zero-order valence-corrected chi connectivity index (χ0v) is 12.6. The highest BCUT2D eigenvalue weighted by Gasteiger charge is 2.66. The quantitative estimate of drug-likeness (QED) is 0.604. The number of rotatable bonds is 0. The van der Waals surface area contributed by atoms with Gasteiger partial charge in [0.15, 0.2) is 0 Å². The van der Waals surface area contributed by atoms with Gasteiger partial charge in [0.1, 0.15) is 0 Å². The first kappa shape index (κ1) is 10.4. The molecule has 0 heteroatoms.